The fourth-order valence-electron chi connectivity index (χ4n) is 3.22. The first-order chi connectivity index (χ1) is 13.0. The van der Waals surface area contributed by atoms with E-state index in [2.05, 4.69) is 22.2 Å². The fraction of sp³-hybridized carbons (Fsp3) is 0.381. The zero-order valence-corrected chi connectivity index (χ0v) is 15.9. The Morgan fingerprint density at radius 2 is 1.93 bits per heavy atom. The summed E-state index contributed by atoms with van der Waals surface area (Å²) in [5, 5.41) is 2.94. The molecule has 1 N–H and O–H groups in total. The molecule has 6 heteroatoms. The molecule has 0 radical (unpaired) electrons. The van der Waals surface area contributed by atoms with Crippen molar-refractivity contribution in [2.45, 2.75) is 12.8 Å². The molecule has 0 bridgehead atoms. The zero-order valence-electron chi connectivity index (χ0n) is 15.9. The summed E-state index contributed by atoms with van der Waals surface area (Å²) < 4.78 is 18.7. The maximum atomic E-state index is 13.3. The number of nitrogens with zero attached hydrogens (tertiary/aromatic N) is 2. The van der Waals surface area contributed by atoms with Gasteiger partial charge in [0.1, 0.15) is 11.6 Å². The quantitative estimate of drug-likeness (QED) is 0.847. The molecular formula is C21H26FN3O2. The van der Waals surface area contributed by atoms with Gasteiger partial charge in [0.05, 0.1) is 12.8 Å². The summed E-state index contributed by atoms with van der Waals surface area (Å²) in [5.41, 5.74) is 2.55. The Hall–Kier alpha value is -2.60. The van der Waals surface area contributed by atoms with E-state index in [-0.39, 0.29) is 18.1 Å². The Balaban J connectivity index is 1.65. The van der Waals surface area contributed by atoms with Crippen LogP contribution in [0.15, 0.2) is 42.5 Å². The molecule has 0 unspecified atom stereocenters. The maximum absolute atomic E-state index is 13.3. The van der Waals surface area contributed by atoms with Crippen LogP contribution in [0.4, 0.5) is 15.8 Å². The third kappa shape index (κ3) is 5.20. The summed E-state index contributed by atoms with van der Waals surface area (Å²) in [6, 6.07) is 12.2. The first kappa shape index (κ1) is 19.2. The number of carbonyl (C=O) groups is 1. The van der Waals surface area contributed by atoms with Crippen LogP contribution in [0.5, 0.6) is 5.75 Å². The highest BCUT2D eigenvalue weighted by Crippen LogP contribution is 2.30. The maximum Gasteiger partial charge on any atom is 0.224 e. The average Bonchev–Trinajstić information content (AvgIpc) is 2.67. The predicted octanol–water partition coefficient (Wildman–Crippen LogP) is 3.16. The highest BCUT2D eigenvalue weighted by atomic mass is 19.1. The summed E-state index contributed by atoms with van der Waals surface area (Å²) in [6.07, 6.45) is 0.773. The number of methoxy groups -OCH3 is 1. The monoisotopic (exact) mass is 371 g/mol. The number of aryl methyl sites for hydroxylation is 1. The summed E-state index contributed by atoms with van der Waals surface area (Å²) in [7, 11) is 3.71. The topological polar surface area (TPSA) is 44.8 Å². The standard InChI is InChI=1S/C21H26FN3O2/c1-24-10-12-25(13-11-24)18-7-8-20(27-2)19(15-18)23-21(26)9-6-16-4-3-5-17(22)14-16/h3-5,7-8,14-15H,6,9-13H2,1-2H3,(H,23,26). The summed E-state index contributed by atoms with van der Waals surface area (Å²) >= 11 is 0. The van der Waals surface area contributed by atoms with Gasteiger partial charge in [0.2, 0.25) is 5.91 Å². The van der Waals surface area contributed by atoms with Crippen molar-refractivity contribution in [1.29, 1.82) is 0 Å². The minimum atomic E-state index is -0.283. The molecule has 0 aliphatic carbocycles. The number of carbonyl (C=O) groups excluding carboxylic acids is 1. The number of amides is 1. The van der Waals surface area contributed by atoms with E-state index in [1.165, 1.54) is 12.1 Å². The molecule has 1 saturated heterocycles. The lowest BCUT2D eigenvalue weighted by Gasteiger charge is -2.34. The molecule has 0 atom stereocenters. The highest BCUT2D eigenvalue weighted by Gasteiger charge is 2.16. The number of likely N-dealkylation sites (N-methyl/N-ethyl adjacent to an activating group) is 1. The molecular weight excluding hydrogens is 345 g/mol. The second-order valence-electron chi connectivity index (χ2n) is 6.85. The normalized spacial score (nSPS) is 14.9. The molecule has 1 fully saturated rings. The van der Waals surface area contributed by atoms with Crippen LogP contribution in [0.2, 0.25) is 0 Å². The van der Waals surface area contributed by atoms with Gasteiger partial charge in [-0.05, 0) is 49.4 Å². The van der Waals surface area contributed by atoms with Crippen molar-refractivity contribution in [2.24, 2.45) is 0 Å². The van der Waals surface area contributed by atoms with Crippen LogP contribution in [-0.2, 0) is 11.2 Å². The molecule has 1 aliphatic heterocycles. The number of piperazine rings is 1. The van der Waals surface area contributed by atoms with Crippen molar-refractivity contribution in [1.82, 2.24) is 4.90 Å². The van der Waals surface area contributed by atoms with E-state index in [0.29, 0.717) is 17.9 Å². The number of ether oxygens (including phenoxy) is 1. The number of nitrogens with one attached hydrogen (secondary N) is 1. The lowest BCUT2D eigenvalue weighted by Crippen LogP contribution is -2.44. The second kappa shape index (κ2) is 8.86. The van der Waals surface area contributed by atoms with Crippen molar-refractivity contribution in [3.05, 3.63) is 53.8 Å². The van der Waals surface area contributed by atoms with E-state index in [1.54, 1.807) is 13.2 Å². The van der Waals surface area contributed by atoms with Crippen LogP contribution in [0.3, 0.4) is 0 Å². The number of benzene rings is 2. The molecule has 3 rings (SSSR count). The van der Waals surface area contributed by atoms with Crippen LogP contribution in [0.25, 0.3) is 0 Å². The Morgan fingerprint density at radius 3 is 2.63 bits per heavy atom. The Bertz CT molecular complexity index is 789. The van der Waals surface area contributed by atoms with Gasteiger partial charge >= 0.3 is 0 Å². The minimum Gasteiger partial charge on any atom is -0.495 e. The predicted molar refractivity (Wildman–Crippen MR) is 106 cm³/mol. The molecule has 1 amide bonds. The van der Waals surface area contributed by atoms with Crippen LogP contribution in [-0.4, -0.2) is 51.1 Å². The van der Waals surface area contributed by atoms with E-state index in [9.17, 15) is 9.18 Å². The first-order valence-corrected chi connectivity index (χ1v) is 9.21. The van der Waals surface area contributed by atoms with Gasteiger partial charge in [0.25, 0.3) is 0 Å². The molecule has 144 valence electrons. The van der Waals surface area contributed by atoms with Gasteiger partial charge < -0.3 is 19.9 Å². The van der Waals surface area contributed by atoms with E-state index in [0.717, 1.165) is 37.4 Å². The van der Waals surface area contributed by atoms with Gasteiger partial charge in [0, 0.05) is 38.3 Å². The van der Waals surface area contributed by atoms with Gasteiger partial charge in [0.15, 0.2) is 0 Å². The smallest absolute Gasteiger partial charge is 0.224 e. The number of rotatable bonds is 6. The number of hydrogen-bond acceptors (Lipinski definition) is 4. The summed E-state index contributed by atoms with van der Waals surface area (Å²) in [5.74, 6) is 0.231. The number of hydrogen-bond donors (Lipinski definition) is 1. The molecule has 2 aromatic rings. The van der Waals surface area contributed by atoms with Crippen molar-refractivity contribution in [2.75, 3.05) is 50.6 Å². The van der Waals surface area contributed by atoms with Crippen LogP contribution < -0.4 is 15.0 Å². The van der Waals surface area contributed by atoms with Gasteiger partial charge in [-0.2, -0.15) is 0 Å². The van der Waals surface area contributed by atoms with Crippen molar-refractivity contribution in [3.63, 3.8) is 0 Å². The third-order valence-electron chi connectivity index (χ3n) is 4.86. The largest absolute Gasteiger partial charge is 0.495 e. The van der Waals surface area contributed by atoms with Gasteiger partial charge in [-0.1, -0.05) is 12.1 Å². The fourth-order valence-corrected chi connectivity index (χ4v) is 3.22. The molecule has 2 aromatic carbocycles. The third-order valence-corrected chi connectivity index (χ3v) is 4.86. The Labute approximate surface area is 159 Å². The van der Waals surface area contributed by atoms with Crippen LogP contribution in [0.1, 0.15) is 12.0 Å². The van der Waals surface area contributed by atoms with Crippen LogP contribution >= 0.6 is 0 Å². The molecule has 0 aromatic heterocycles. The molecule has 5 nitrogen and oxygen atoms in total. The van der Waals surface area contributed by atoms with Crippen molar-refractivity contribution >= 4 is 17.3 Å². The Kier molecular flexibility index (Phi) is 6.29. The number of anilines is 2. The second-order valence-corrected chi connectivity index (χ2v) is 6.85. The lowest BCUT2D eigenvalue weighted by atomic mass is 10.1. The average molecular weight is 371 g/mol. The first-order valence-electron chi connectivity index (χ1n) is 9.21. The molecule has 27 heavy (non-hydrogen) atoms. The van der Waals surface area contributed by atoms with Gasteiger partial charge in [-0.25, -0.2) is 4.39 Å². The Morgan fingerprint density at radius 1 is 1.15 bits per heavy atom. The molecule has 1 heterocycles. The SMILES string of the molecule is COc1ccc(N2CCN(C)CC2)cc1NC(=O)CCc1cccc(F)c1. The van der Waals surface area contributed by atoms with Crippen molar-refractivity contribution < 1.29 is 13.9 Å². The molecule has 0 saturated carbocycles. The summed E-state index contributed by atoms with van der Waals surface area (Å²) in [6.45, 7) is 3.94. The highest BCUT2D eigenvalue weighted by molar-refractivity contribution is 5.93. The molecule has 1 aliphatic rings. The summed E-state index contributed by atoms with van der Waals surface area (Å²) in [4.78, 5) is 17.0. The lowest BCUT2D eigenvalue weighted by molar-refractivity contribution is -0.116. The number of halogens is 1. The van der Waals surface area contributed by atoms with Crippen LogP contribution in [0, 0.1) is 5.82 Å². The minimum absolute atomic E-state index is 0.118. The van der Waals surface area contributed by atoms with E-state index < -0.39 is 0 Å². The molecule has 0 spiro atoms. The van der Waals surface area contributed by atoms with E-state index in [1.807, 2.05) is 24.3 Å². The van der Waals surface area contributed by atoms with Gasteiger partial charge in [-0.15, -0.1) is 0 Å². The van der Waals surface area contributed by atoms with E-state index >= 15 is 0 Å². The van der Waals surface area contributed by atoms with Gasteiger partial charge in [-0.3, -0.25) is 4.79 Å². The zero-order chi connectivity index (χ0) is 19.2. The van der Waals surface area contributed by atoms with Crippen molar-refractivity contribution in [3.8, 4) is 5.75 Å². The van der Waals surface area contributed by atoms with E-state index in [4.69, 9.17) is 4.74 Å².